The smallest absolute Gasteiger partial charge is 0.136 e. The summed E-state index contributed by atoms with van der Waals surface area (Å²) in [7, 11) is 0. The first-order chi connectivity index (χ1) is 6.74. The Bertz CT molecular complexity index is 287. The fourth-order valence-electron chi connectivity index (χ4n) is 1.30. The molecule has 0 aliphatic heterocycles. The van der Waals surface area contributed by atoms with Gasteiger partial charge in [0.15, 0.2) is 0 Å². The fourth-order valence-corrected chi connectivity index (χ4v) is 1.63. The van der Waals surface area contributed by atoms with Gasteiger partial charge in [0, 0.05) is 3.57 Å². The lowest BCUT2D eigenvalue weighted by atomic mass is 10.1. The van der Waals surface area contributed by atoms with Crippen LogP contribution in [0.15, 0.2) is 18.2 Å². The van der Waals surface area contributed by atoms with Crippen molar-refractivity contribution in [3.8, 4) is 0 Å². The van der Waals surface area contributed by atoms with Gasteiger partial charge in [0.1, 0.15) is 5.82 Å². The van der Waals surface area contributed by atoms with Gasteiger partial charge in [0.25, 0.3) is 0 Å². The zero-order valence-corrected chi connectivity index (χ0v) is 10.1. The van der Waals surface area contributed by atoms with Gasteiger partial charge >= 0.3 is 0 Å². The highest BCUT2D eigenvalue weighted by Crippen LogP contribution is 2.14. The molecule has 78 valence electrons. The summed E-state index contributed by atoms with van der Waals surface area (Å²) in [6, 6.07) is 5.28. The Labute approximate surface area is 96.8 Å². The predicted molar refractivity (Wildman–Crippen MR) is 62.6 cm³/mol. The fraction of sp³-hybridized carbons (Fsp3) is 0.455. The molecule has 0 radical (unpaired) electrons. The molecule has 0 amide bonds. The van der Waals surface area contributed by atoms with Crippen molar-refractivity contribution in [3.63, 3.8) is 0 Å². The lowest BCUT2D eigenvalue weighted by molar-refractivity contribution is 0.456. The first kappa shape index (κ1) is 11.9. The lowest BCUT2D eigenvalue weighted by Crippen LogP contribution is -1.90. The normalized spacial score (nSPS) is 10.5. The molecule has 3 heteroatoms. The van der Waals surface area contributed by atoms with Crippen LogP contribution in [0.1, 0.15) is 24.8 Å². The molecule has 0 nitrogen and oxygen atoms in total. The summed E-state index contributed by atoms with van der Waals surface area (Å²) in [5.41, 5.74) is 1.00. The topological polar surface area (TPSA) is 0 Å². The Morgan fingerprint density at radius 3 is 2.57 bits per heavy atom. The van der Waals surface area contributed by atoms with Gasteiger partial charge in [-0.3, -0.25) is 4.39 Å². The lowest BCUT2D eigenvalue weighted by Gasteiger charge is -2.01. The molecule has 0 aliphatic carbocycles. The molecule has 1 aromatic carbocycles. The molecule has 0 atom stereocenters. The van der Waals surface area contributed by atoms with E-state index in [9.17, 15) is 8.78 Å². The molecule has 14 heavy (non-hydrogen) atoms. The number of rotatable bonds is 5. The minimum absolute atomic E-state index is 0.159. The van der Waals surface area contributed by atoms with Crippen LogP contribution in [-0.2, 0) is 6.42 Å². The standard InChI is InChI=1S/C11H13F2I/c12-7-3-1-2-4-9-5-6-11(14)10(13)8-9/h5-6,8H,1-4,7H2. The van der Waals surface area contributed by atoms with Crippen LogP contribution in [0.5, 0.6) is 0 Å². The number of unbranched alkanes of at least 4 members (excludes halogenated alkanes) is 2. The van der Waals surface area contributed by atoms with Gasteiger partial charge in [-0.05, 0) is 59.5 Å². The van der Waals surface area contributed by atoms with E-state index in [1.807, 2.05) is 28.7 Å². The Morgan fingerprint density at radius 2 is 1.93 bits per heavy atom. The third kappa shape index (κ3) is 3.90. The summed E-state index contributed by atoms with van der Waals surface area (Å²) in [5, 5.41) is 0. The molecule has 0 heterocycles. The molecule has 0 aromatic heterocycles. The van der Waals surface area contributed by atoms with Gasteiger partial charge in [-0.15, -0.1) is 0 Å². The van der Waals surface area contributed by atoms with E-state index in [0.29, 0.717) is 9.99 Å². The summed E-state index contributed by atoms with van der Waals surface area (Å²) < 4.78 is 25.5. The third-order valence-electron chi connectivity index (χ3n) is 2.08. The molecule has 0 saturated heterocycles. The molecule has 1 aromatic rings. The van der Waals surface area contributed by atoms with Crippen LogP contribution in [0.3, 0.4) is 0 Å². The van der Waals surface area contributed by atoms with Crippen LogP contribution in [0, 0.1) is 9.39 Å². The predicted octanol–water partition coefficient (Wildman–Crippen LogP) is 4.11. The van der Waals surface area contributed by atoms with E-state index in [1.165, 1.54) is 0 Å². The van der Waals surface area contributed by atoms with Gasteiger partial charge in [0.05, 0.1) is 6.67 Å². The summed E-state index contributed by atoms with van der Waals surface area (Å²) in [6.45, 7) is -0.249. The van der Waals surface area contributed by atoms with E-state index in [2.05, 4.69) is 0 Å². The highest BCUT2D eigenvalue weighted by molar-refractivity contribution is 14.1. The molecule has 0 spiro atoms. The molecule has 0 saturated carbocycles. The van der Waals surface area contributed by atoms with Crippen molar-refractivity contribution in [1.82, 2.24) is 0 Å². The number of hydrogen-bond donors (Lipinski definition) is 0. The maximum absolute atomic E-state index is 13.1. The van der Waals surface area contributed by atoms with Gasteiger partial charge in [-0.25, -0.2) is 4.39 Å². The molecule has 0 N–H and O–H groups in total. The summed E-state index contributed by atoms with van der Waals surface area (Å²) in [5.74, 6) is -0.159. The number of hydrogen-bond acceptors (Lipinski definition) is 0. The SMILES string of the molecule is FCCCCCc1ccc(I)c(F)c1. The van der Waals surface area contributed by atoms with Crippen LogP contribution in [-0.4, -0.2) is 6.67 Å². The van der Waals surface area contributed by atoms with Gasteiger partial charge < -0.3 is 0 Å². The number of benzene rings is 1. The van der Waals surface area contributed by atoms with E-state index >= 15 is 0 Å². The Kier molecular flexibility index (Phi) is 5.37. The highest BCUT2D eigenvalue weighted by Gasteiger charge is 2.00. The molecule has 0 bridgehead atoms. The maximum Gasteiger partial charge on any atom is 0.136 e. The van der Waals surface area contributed by atoms with Gasteiger partial charge in [0.2, 0.25) is 0 Å². The monoisotopic (exact) mass is 310 g/mol. The zero-order chi connectivity index (χ0) is 10.4. The van der Waals surface area contributed by atoms with E-state index < -0.39 is 0 Å². The van der Waals surface area contributed by atoms with Crippen LogP contribution in [0.4, 0.5) is 8.78 Å². The van der Waals surface area contributed by atoms with Gasteiger partial charge in [-0.2, -0.15) is 0 Å². The van der Waals surface area contributed by atoms with Crippen molar-refractivity contribution in [3.05, 3.63) is 33.1 Å². The molecule has 0 fully saturated rings. The van der Waals surface area contributed by atoms with Crippen molar-refractivity contribution < 1.29 is 8.78 Å². The minimum atomic E-state index is -0.249. The third-order valence-corrected chi connectivity index (χ3v) is 2.96. The van der Waals surface area contributed by atoms with Crippen LogP contribution in [0.2, 0.25) is 0 Å². The van der Waals surface area contributed by atoms with Crippen LogP contribution < -0.4 is 0 Å². The largest absolute Gasteiger partial charge is 0.251 e. The van der Waals surface area contributed by atoms with Crippen LogP contribution in [0.25, 0.3) is 0 Å². The second-order valence-corrected chi connectivity index (χ2v) is 4.41. The molecule has 1 rings (SSSR count). The highest BCUT2D eigenvalue weighted by atomic mass is 127. The Balaban J connectivity index is 2.39. The van der Waals surface area contributed by atoms with Gasteiger partial charge in [-0.1, -0.05) is 12.5 Å². The molecule has 0 aliphatic rings. The molecular formula is C11H13F2I. The van der Waals surface area contributed by atoms with Crippen LogP contribution >= 0.6 is 22.6 Å². The van der Waals surface area contributed by atoms with E-state index in [4.69, 9.17) is 0 Å². The maximum atomic E-state index is 13.1. The van der Waals surface area contributed by atoms with E-state index in [-0.39, 0.29) is 12.5 Å². The quantitative estimate of drug-likeness (QED) is 0.567. The zero-order valence-electron chi connectivity index (χ0n) is 7.90. The van der Waals surface area contributed by atoms with E-state index in [1.54, 1.807) is 12.1 Å². The Hall–Kier alpha value is -0.190. The molecular weight excluding hydrogens is 297 g/mol. The average molecular weight is 310 g/mol. The second-order valence-electron chi connectivity index (χ2n) is 3.25. The summed E-state index contributed by atoms with van der Waals surface area (Å²) in [6.07, 6.45) is 3.27. The number of alkyl halides is 1. The summed E-state index contributed by atoms with van der Waals surface area (Å²) in [4.78, 5) is 0. The van der Waals surface area contributed by atoms with Crippen molar-refractivity contribution in [1.29, 1.82) is 0 Å². The molecule has 0 unspecified atom stereocenters. The number of halogens is 3. The van der Waals surface area contributed by atoms with Crippen molar-refractivity contribution in [2.24, 2.45) is 0 Å². The van der Waals surface area contributed by atoms with Crippen molar-refractivity contribution in [2.75, 3.05) is 6.67 Å². The average Bonchev–Trinajstić information content (AvgIpc) is 2.18. The van der Waals surface area contributed by atoms with Crippen molar-refractivity contribution in [2.45, 2.75) is 25.7 Å². The van der Waals surface area contributed by atoms with E-state index in [0.717, 1.165) is 24.8 Å². The number of aryl methyl sites for hydroxylation is 1. The Morgan fingerprint density at radius 1 is 1.14 bits per heavy atom. The summed E-state index contributed by atoms with van der Waals surface area (Å²) >= 11 is 1.97. The second kappa shape index (κ2) is 6.32. The van der Waals surface area contributed by atoms with Crippen molar-refractivity contribution >= 4 is 22.6 Å². The minimum Gasteiger partial charge on any atom is -0.251 e. The first-order valence-corrected chi connectivity index (χ1v) is 5.82. The first-order valence-electron chi connectivity index (χ1n) is 4.74.